The Morgan fingerprint density at radius 1 is 1.37 bits per heavy atom. The summed E-state index contributed by atoms with van der Waals surface area (Å²) in [5.41, 5.74) is 1.60. The van der Waals surface area contributed by atoms with Gasteiger partial charge in [-0.3, -0.25) is 4.79 Å². The predicted octanol–water partition coefficient (Wildman–Crippen LogP) is 4.19. The molecule has 0 bridgehead atoms. The number of allylic oxidation sites excluding steroid dienone is 2. The van der Waals surface area contributed by atoms with Crippen LogP contribution in [0.2, 0.25) is 0 Å². The van der Waals surface area contributed by atoms with E-state index in [0.29, 0.717) is 5.92 Å². The Kier molecular flexibility index (Phi) is 4.02. The minimum absolute atomic E-state index is 0.0633. The van der Waals surface area contributed by atoms with Gasteiger partial charge >= 0.3 is 0 Å². The maximum absolute atomic E-state index is 12.1. The van der Waals surface area contributed by atoms with Crippen molar-refractivity contribution < 1.29 is 4.79 Å². The zero-order chi connectivity index (χ0) is 14.3. The Morgan fingerprint density at radius 2 is 2.00 bits per heavy atom. The van der Waals surface area contributed by atoms with Crippen molar-refractivity contribution in [3.63, 3.8) is 0 Å². The Hall–Kier alpha value is -0.500. The molecule has 0 saturated heterocycles. The third kappa shape index (κ3) is 3.98. The first-order valence-corrected chi connectivity index (χ1v) is 7.84. The summed E-state index contributed by atoms with van der Waals surface area (Å²) in [6, 6.07) is 0. The first kappa shape index (κ1) is 14.9. The normalized spacial score (nSPS) is 24.8. The van der Waals surface area contributed by atoms with Crippen molar-refractivity contribution in [1.29, 1.82) is 0 Å². The van der Waals surface area contributed by atoms with Crippen molar-refractivity contribution in [2.75, 3.05) is 12.4 Å². The smallest absolute Gasteiger partial charge is 0.241 e. The molecule has 1 fully saturated rings. The fourth-order valence-corrected chi connectivity index (χ4v) is 3.67. The van der Waals surface area contributed by atoms with Gasteiger partial charge in [0.1, 0.15) is 5.88 Å². The highest BCUT2D eigenvalue weighted by Gasteiger charge is 2.37. The lowest BCUT2D eigenvalue weighted by atomic mass is 9.68. The lowest BCUT2D eigenvalue weighted by Gasteiger charge is -2.42. The number of alkyl halides is 1. The third-order valence-corrected chi connectivity index (χ3v) is 4.28. The van der Waals surface area contributed by atoms with Crippen molar-refractivity contribution in [2.24, 2.45) is 16.7 Å². The zero-order valence-corrected chi connectivity index (χ0v) is 13.4. The van der Waals surface area contributed by atoms with Crippen LogP contribution in [0.15, 0.2) is 11.8 Å². The summed E-state index contributed by atoms with van der Waals surface area (Å²) in [6.07, 6.45) is 6.95. The number of carbonyl (C=O) groups excluding carboxylic acids is 1. The van der Waals surface area contributed by atoms with E-state index in [9.17, 15) is 4.79 Å². The molecule has 2 rings (SSSR count). The molecule has 3 heteroatoms. The van der Waals surface area contributed by atoms with Gasteiger partial charge in [0.25, 0.3) is 0 Å². The monoisotopic (exact) mass is 283 g/mol. The van der Waals surface area contributed by atoms with Gasteiger partial charge in [-0.25, -0.2) is 0 Å². The van der Waals surface area contributed by atoms with Crippen LogP contribution in [0.4, 0.5) is 0 Å². The molecule has 108 valence electrons. The Bertz CT molecular complexity index is 394. The zero-order valence-electron chi connectivity index (χ0n) is 12.6. The summed E-state index contributed by atoms with van der Waals surface area (Å²) >= 11 is 5.79. The van der Waals surface area contributed by atoms with Gasteiger partial charge in [-0.05, 0) is 42.4 Å². The lowest BCUT2D eigenvalue weighted by molar-refractivity contribution is -0.127. The van der Waals surface area contributed by atoms with Crippen molar-refractivity contribution in [3.8, 4) is 0 Å². The average Bonchev–Trinajstić information content (AvgIpc) is 3.04. The van der Waals surface area contributed by atoms with Crippen LogP contribution in [0.5, 0.6) is 0 Å². The Balaban J connectivity index is 2.23. The minimum atomic E-state index is 0.0633. The molecule has 2 aliphatic carbocycles. The van der Waals surface area contributed by atoms with Crippen molar-refractivity contribution in [2.45, 2.75) is 53.4 Å². The fourth-order valence-electron chi connectivity index (χ4n) is 3.52. The summed E-state index contributed by atoms with van der Waals surface area (Å²) in [5.74, 6) is 0.847. The largest absolute Gasteiger partial charge is 0.315 e. The average molecular weight is 284 g/mol. The maximum atomic E-state index is 12.1. The summed E-state index contributed by atoms with van der Waals surface area (Å²) in [7, 11) is 0. The molecular weight excluding hydrogens is 258 g/mol. The molecule has 0 aliphatic heterocycles. The number of carbonyl (C=O) groups is 1. The van der Waals surface area contributed by atoms with E-state index in [4.69, 9.17) is 11.6 Å². The van der Waals surface area contributed by atoms with Gasteiger partial charge in [0.2, 0.25) is 5.91 Å². The van der Waals surface area contributed by atoms with Crippen molar-refractivity contribution in [3.05, 3.63) is 11.8 Å². The van der Waals surface area contributed by atoms with Crippen LogP contribution in [0, 0.1) is 16.7 Å². The molecule has 1 saturated carbocycles. The molecule has 2 aliphatic rings. The van der Waals surface area contributed by atoms with E-state index in [0.717, 1.165) is 19.4 Å². The highest BCUT2D eigenvalue weighted by molar-refractivity contribution is 6.27. The quantitative estimate of drug-likeness (QED) is 0.708. The number of rotatable bonds is 4. The summed E-state index contributed by atoms with van der Waals surface area (Å²) < 4.78 is 0. The maximum Gasteiger partial charge on any atom is 0.241 e. The second-order valence-electron chi connectivity index (χ2n) is 7.72. The number of hydrogen-bond donors (Lipinski definition) is 0. The van der Waals surface area contributed by atoms with Gasteiger partial charge < -0.3 is 4.90 Å². The van der Waals surface area contributed by atoms with Gasteiger partial charge in [-0.1, -0.05) is 33.8 Å². The van der Waals surface area contributed by atoms with Gasteiger partial charge in [-0.15, -0.1) is 11.6 Å². The van der Waals surface area contributed by atoms with E-state index < -0.39 is 0 Å². The standard InChI is InChI=1S/C16H26ClNO/c1-15(2)7-13(8-16(3,4)11-15)18(14(19)9-17)10-12-5-6-12/h7,12H,5-6,8-11H2,1-4H3. The molecule has 0 aromatic rings. The molecule has 0 atom stereocenters. The van der Waals surface area contributed by atoms with Crippen LogP contribution < -0.4 is 0 Å². The molecule has 0 heterocycles. The lowest BCUT2D eigenvalue weighted by Crippen LogP contribution is -2.39. The molecule has 0 aromatic carbocycles. The first-order chi connectivity index (χ1) is 8.72. The van der Waals surface area contributed by atoms with E-state index in [-0.39, 0.29) is 22.6 Å². The number of amides is 1. The molecule has 1 amide bonds. The number of halogens is 1. The second kappa shape index (κ2) is 5.12. The fraction of sp³-hybridized carbons (Fsp3) is 0.812. The summed E-state index contributed by atoms with van der Waals surface area (Å²) in [6.45, 7) is 9.97. The number of nitrogens with zero attached hydrogens (tertiary/aromatic N) is 1. The molecule has 19 heavy (non-hydrogen) atoms. The SMILES string of the molecule is CC1(C)C=C(N(CC2CC2)C(=O)CCl)CC(C)(C)C1. The van der Waals surface area contributed by atoms with E-state index >= 15 is 0 Å². The first-order valence-electron chi connectivity index (χ1n) is 7.30. The molecule has 2 nitrogen and oxygen atoms in total. The second-order valence-corrected chi connectivity index (χ2v) is 7.99. The van der Waals surface area contributed by atoms with Crippen molar-refractivity contribution >= 4 is 17.5 Å². The molecular formula is C16H26ClNO. The van der Waals surface area contributed by atoms with Crippen LogP contribution in [0.25, 0.3) is 0 Å². The third-order valence-electron chi connectivity index (χ3n) is 4.05. The molecule has 0 aromatic heterocycles. The summed E-state index contributed by atoms with van der Waals surface area (Å²) in [5, 5.41) is 0. The molecule has 0 radical (unpaired) electrons. The van der Waals surface area contributed by atoms with E-state index in [1.54, 1.807) is 0 Å². The molecule has 0 unspecified atom stereocenters. The highest BCUT2D eigenvalue weighted by atomic mass is 35.5. The van der Waals surface area contributed by atoms with E-state index in [1.807, 2.05) is 4.90 Å². The minimum Gasteiger partial charge on any atom is -0.315 e. The molecule has 0 spiro atoms. The van der Waals surface area contributed by atoms with Gasteiger partial charge in [0, 0.05) is 12.2 Å². The van der Waals surface area contributed by atoms with Gasteiger partial charge in [-0.2, -0.15) is 0 Å². The Labute approximate surface area is 122 Å². The molecule has 0 N–H and O–H groups in total. The van der Waals surface area contributed by atoms with Gasteiger partial charge in [0.05, 0.1) is 0 Å². The van der Waals surface area contributed by atoms with Crippen LogP contribution in [-0.4, -0.2) is 23.2 Å². The topological polar surface area (TPSA) is 20.3 Å². The summed E-state index contributed by atoms with van der Waals surface area (Å²) in [4.78, 5) is 14.1. The number of hydrogen-bond acceptors (Lipinski definition) is 1. The van der Waals surface area contributed by atoms with Crippen LogP contribution >= 0.6 is 11.6 Å². The van der Waals surface area contributed by atoms with Crippen molar-refractivity contribution in [1.82, 2.24) is 4.90 Å². The highest BCUT2D eigenvalue weighted by Crippen LogP contribution is 2.46. The van der Waals surface area contributed by atoms with Crippen LogP contribution in [-0.2, 0) is 4.79 Å². The van der Waals surface area contributed by atoms with Crippen LogP contribution in [0.3, 0.4) is 0 Å². The van der Waals surface area contributed by atoms with E-state index in [2.05, 4.69) is 33.8 Å². The van der Waals surface area contributed by atoms with Gasteiger partial charge in [0.15, 0.2) is 0 Å². The van der Waals surface area contributed by atoms with E-state index in [1.165, 1.54) is 18.5 Å². The Morgan fingerprint density at radius 3 is 2.47 bits per heavy atom. The predicted molar refractivity (Wildman–Crippen MR) is 80.0 cm³/mol. The van der Waals surface area contributed by atoms with Crippen LogP contribution in [0.1, 0.15) is 53.4 Å².